The Kier molecular flexibility index (Phi) is 4.37. The summed E-state index contributed by atoms with van der Waals surface area (Å²) in [5.74, 6) is 0.155. The van der Waals surface area contributed by atoms with Gasteiger partial charge in [-0.2, -0.15) is 0 Å². The second-order valence-corrected chi connectivity index (χ2v) is 4.97. The maximum Gasteiger partial charge on any atom is 0.179 e. The van der Waals surface area contributed by atoms with Crippen molar-refractivity contribution >= 4 is 11.5 Å². The van der Waals surface area contributed by atoms with E-state index in [-0.39, 0.29) is 11.8 Å². The van der Waals surface area contributed by atoms with Gasteiger partial charge in [0.05, 0.1) is 6.04 Å². The minimum Gasteiger partial charge on any atom is -0.372 e. The molecule has 1 heterocycles. The van der Waals surface area contributed by atoms with Crippen LogP contribution in [0.15, 0.2) is 24.3 Å². The van der Waals surface area contributed by atoms with Crippen LogP contribution in [0.2, 0.25) is 0 Å². The molecule has 1 atom stereocenters. The van der Waals surface area contributed by atoms with E-state index < -0.39 is 0 Å². The van der Waals surface area contributed by atoms with Crippen LogP contribution in [0.1, 0.15) is 36.5 Å². The normalized spacial score (nSPS) is 17.6. The lowest BCUT2D eigenvalue weighted by atomic mass is 10.0. The van der Waals surface area contributed by atoms with Gasteiger partial charge in [-0.15, -0.1) is 0 Å². The minimum atomic E-state index is -0.120. The molecule has 1 aliphatic heterocycles. The van der Waals surface area contributed by atoms with Crippen LogP contribution in [-0.4, -0.2) is 32.0 Å². The third-order valence-corrected chi connectivity index (χ3v) is 3.70. The van der Waals surface area contributed by atoms with Gasteiger partial charge >= 0.3 is 0 Å². The van der Waals surface area contributed by atoms with Gasteiger partial charge in [0.15, 0.2) is 5.78 Å². The Labute approximate surface area is 109 Å². The van der Waals surface area contributed by atoms with Crippen molar-refractivity contribution in [2.24, 2.45) is 0 Å². The molecule has 0 radical (unpaired) electrons. The zero-order valence-electron chi connectivity index (χ0n) is 11.3. The smallest absolute Gasteiger partial charge is 0.179 e. The number of hydrogen-bond acceptors (Lipinski definition) is 3. The summed E-state index contributed by atoms with van der Waals surface area (Å²) in [5.41, 5.74) is 2.03. The van der Waals surface area contributed by atoms with Crippen molar-refractivity contribution in [2.45, 2.75) is 32.2 Å². The first-order valence-corrected chi connectivity index (χ1v) is 6.79. The summed E-state index contributed by atoms with van der Waals surface area (Å²) in [4.78, 5) is 14.4. The van der Waals surface area contributed by atoms with Crippen LogP contribution in [-0.2, 0) is 0 Å². The molecular formula is C15H22N2O. The molecule has 0 bridgehead atoms. The fraction of sp³-hybridized carbons (Fsp3) is 0.533. The standard InChI is InChI=1S/C15H22N2O/c1-12(16-2)15(18)13-6-8-14(9-7-13)17-10-4-3-5-11-17/h6-9,12,16H,3-5,10-11H2,1-2H3. The van der Waals surface area contributed by atoms with Crippen LogP contribution in [0.25, 0.3) is 0 Å². The number of carbonyl (C=O) groups is 1. The van der Waals surface area contributed by atoms with Gasteiger partial charge in [0.25, 0.3) is 0 Å². The van der Waals surface area contributed by atoms with Gasteiger partial charge in [0.2, 0.25) is 0 Å². The Bertz CT molecular complexity index is 393. The molecule has 1 aromatic carbocycles. The molecule has 1 aromatic rings. The number of piperidine rings is 1. The summed E-state index contributed by atoms with van der Waals surface area (Å²) in [6.45, 7) is 4.17. The molecule has 98 valence electrons. The van der Waals surface area contributed by atoms with Gasteiger partial charge in [-0.05, 0) is 57.5 Å². The number of rotatable bonds is 4. The summed E-state index contributed by atoms with van der Waals surface area (Å²) in [6, 6.07) is 7.91. The number of benzene rings is 1. The minimum absolute atomic E-state index is 0.120. The van der Waals surface area contributed by atoms with Crippen LogP contribution >= 0.6 is 0 Å². The van der Waals surface area contributed by atoms with E-state index in [0.29, 0.717) is 0 Å². The van der Waals surface area contributed by atoms with Crippen LogP contribution in [0.5, 0.6) is 0 Å². The maximum atomic E-state index is 12.0. The molecule has 0 aromatic heterocycles. The number of anilines is 1. The highest BCUT2D eigenvalue weighted by Gasteiger charge is 2.14. The van der Waals surface area contributed by atoms with Crippen LogP contribution in [0.4, 0.5) is 5.69 Å². The summed E-state index contributed by atoms with van der Waals surface area (Å²) < 4.78 is 0. The first kappa shape index (κ1) is 13.1. The summed E-state index contributed by atoms with van der Waals surface area (Å²) in [7, 11) is 1.81. The van der Waals surface area contributed by atoms with Crippen LogP contribution in [0.3, 0.4) is 0 Å². The molecule has 0 amide bonds. The topological polar surface area (TPSA) is 32.3 Å². The molecule has 1 N–H and O–H groups in total. The third-order valence-electron chi connectivity index (χ3n) is 3.70. The Hall–Kier alpha value is -1.35. The molecule has 1 saturated heterocycles. The molecule has 18 heavy (non-hydrogen) atoms. The number of Topliss-reactive ketones (excluding diaryl/α,β-unsaturated/α-hetero) is 1. The molecule has 1 unspecified atom stereocenters. The van der Waals surface area contributed by atoms with E-state index in [1.165, 1.54) is 24.9 Å². The zero-order valence-corrected chi connectivity index (χ0v) is 11.3. The van der Waals surface area contributed by atoms with Gasteiger partial charge in [0, 0.05) is 24.3 Å². The average Bonchev–Trinajstić information content (AvgIpc) is 2.47. The monoisotopic (exact) mass is 246 g/mol. The quantitative estimate of drug-likeness (QED) is 0.828. The molecule has 0 spiro atoms. The van der Waals surface area contributed by atoms with Crippen molar-refractivity contribution < 1.29 is 4.79 Å². The van der Waals surface area contributed by atoms with Gasteiger partial charge in [0.1, 0.15) is 0 Å². The average molecular weight is 246 g/mol. The Morgan fingerprint density at radius 1 is 1.17 bits per heavy atom. The predicted octanol–water partition coefficient (Wildman–Crippen LogP) is 2.47. The van der Waals surface area contributed by atoms with E-state index in [0.717, 1.165) is 18.7 Å². The second kappa shape index (κ2) is 6.01. The molecule has 0 saturated carbocycles. The highest BCUT2D eigenvalue weighted by molar-refractivity contribution is 6.00. The Morgan fingerprint density at radius 2 is 1.78 bits per heavy atom. The molecule has 3 heteroatoms. The highest BCUT2D eigenvalue weighted by Crippen LogP contribution is 2.20. The first-order valence-electron chi connectivity index (χ1n) is 6.79. The molecular weight excluding hydrogens is 224 g/mol. The fourth-order valence-corrected chi connectivity index (χ4v) is 2.37. The summed E-state index contributed by atoms with van der Waals surface area (Å²) in [6.07, 6.45) is 3.89. The van der Waals surface area contributed by atoms with E-state index in [9.17, 15) is 4.79 Å². The van der Waals surface area contributed by atoms with Crippen molar-refractivity contribution in [3.05, 3.63) is 29.8 Å². The van der Waals surface area contributed by atoms with Gasteiger partial charge in [-0.1, -0.05) is 0 Å². The lowest BCUT2D eigenvalue weighted by molar-refractivity contribution is 0.0955. The lowest BCUT2D eigenvalue weighted by Gasteiger charge is -2.28. The third kappa shape index (κ3) is 2.91. The fourth-order valence-electron chi connectivity index (χ4n) is 2.37. The van der Waals surface area contributed by atoms with Crippen molar-refractivity contribution in [3.8, 4) is 0 Å². The highest BCUT2D eigenvalue weighted by atomic mass is 16.1. The zero-order chi connectivity index (χ0) is 13.0. The first-order chi connectivity index (χ1) is 8.72. The summed E-state index contributed by atoms with van der Waals surface area (Å²) >= 11 is 0. The van der Waals surface area contributed by atoms with Gasteiger partial charge in [-0.3, -0.25) is 4.79 Å². The van der Waals surface area contributed by atoms with E-state index in [4.69, 9.17) is 0 Å². The van der Waals surface area contributed by atoms with Crippen molar-refractivity contribution in [1.82, 2.24) is 5.32 Å². The number of likely N-dealkylation sites (N-methyl/N-ethyl adjacent to an activating group) is 1. The Balaban J connectivity index is 2.07. The van der Waals surface area contributed by atoms with E-state index >= 15 is 0 Å². The number of hydrogen-bond donors (Lipinski definition) is 1. The van der Waals surface area contributed by atoms with Crippen molar-refractivity contribution in [1.29, 1.82) is 0 Å². The maximum absolute atomic E-state index is 12.0. The molecule has 3 nitrogen and oxygen atoms in total. The second-order valence-electron chi connectivity index (χ2n) is 4.97. The SMILES string of the molecule is CNC(C)C(=O)c1ccc(N2CCCCC2)cc1. The largest absolute Gasteiger partial charge is 0.372 e. The molecule has 0 aliphatic carbocycles. The van der Waals surface area contributed by atoms with E-state index in [2.05, 4.69) is 22.3 Å². The van der Waals surface area contributed by atoms with Crippen LogP contribution < -0.4 is 10.2 Å². The van der Waals surface area contributed by atoms with E-state index in [1.807, 2.05) is 26.1 Å². The molecule has 2 rings (SSSR count). The number of carbonyl (C=O) groups excluding carboxylic acids is 1. The number of nitrogens with one attached hydrogen (secondary N) is 1. The number of nitrogens with zero attached hydrogens (tertiary/aromatic N) is 1. The lowest BCUT2D eigenvalue weighted by Crippen LogP contribution is -2.31. The van der Waals surface area contributed by atoms with E-state index in [1.54, 1.807) is 0 Å². The molecule has 1 aliphatic rings. The predicted molar refractivity (Wildman–Crippen MR) is 75.4 cm³/mol. The Morgan fingerprint density at radius 3 is 2.33 bits per heavy atom. The van der Waals surface area contributed by atoms with Crippen molar-refractivity contribution in [2.75, 3.05) is 25.0 Å². The van der Waals surface area contributed by atoms with Gasteiger partial charge in [-0.25, -0.2) is 0 Å². The van der Waals surface area contributed by atoms with Crippen LogP contribution in [0, 0.1) is 0 Å². The van der Waals surface area contributed by atoms with Gasteiger partial charge < -0.3 is 10.2 Å². The number of ketones is 1. The van der Waals surface area contributed by atoms with Crippen molar-refractivity contribution in [3.63, 3.8) is 0 Å². The summed E-state index contributed by atoms with van der Waals surface area (Å²) in [5, 5.41) is 2.98. The molecule has 1 fully saturated rings.